The van der Waals surface area contributed by atoms with Crippen LogP contribution in [0.4, 0.5) is 5.82 Å². The number of nitrogens with one attached hydrogen (secondary N) is 1. The number of carbonyl (C=O) groups is 1. The maximum absolute atomic E-state index is 12.4. The number of anilines is 1. The van der Waals surface area contributed by atoms with E-state index in [0.29, 0.717) is 30.9 Å². The zero-order valence-electron chi connectivity index (χ0n) is 10.8. The fraction of sp³-hybridized carbons (Fsp3) is 0.538. The van der Waals surface area contributed by atoms with Crippen molar-refractivity contribution in [3.8, 4) is 0 Å². The number of likely N-dealkylation sites (tertiary alicyclic amines) is 1. The largest absolute Gasteiger partial charge is 0.393 e. The minimum absolute atomic E-state index is 0.0220. The molecule has 2 unspecified atom stereocenters. The van der Waals surface area contributed by atoms with Gasteiger partial charge in [-0.05, 0) is 24.5 Å². The zero-order chi connectivity index (χ0) is 13.1. The average molecular weight is 249 g/mol. The van der Waals surface area contributed by atoms with E-state index in [-0.39, 0.29) is 17.9 Å². The predicted molar refractivity (Wildman–Crippen MR) is 69.5 cm³/mol. The number of carbonyl (C=O) groups excluding carboxylic acids is 1. The molecule has 98 valence electrons. The Kier molecular flexibility index (Phi) is 3.81. The van der Waals surface area contributed by atoms with Gasteiger partial charge in [0.05, 0.1) is 11.7 Å². The Morgan fingerprint density at radius 3 is 3.06 bits per heavy atom. The number of amides is 1. The van der Waals surface area contributed by atoms with Gasteiger partial charge >= 0.3 is 0 Å². The summed E-state index contributed by atoms with van der Waals surface area (Å²) in [5.41, 5.74) is 0.587. The molecule has 5 heteroatoms. The Labute approximate surface area is 107 Å². The summed E-state index contributed by atoms with van der Waals surface area (Å²) in [5.74, 6) is 0.699. The standard InChI is InChI=1S/C13H19N3O2/c1-9-8-16(7-5-11(9)17)13(18)10-4-3-6-15-12(10)14-2/h3-4,6,9,11,17H,5,7-8H2,1-2H3,(H,14,15). The zero-order valence-corrected chi connectivity index (χ0v) is 10.8. The number of hydrogen-bond donors (Lipinski definition) is 2. The number of rotatable bonds is 2. The topological polar surface area (TPSA) is 65.5 Å². The van der Waals surface area contributed by atoms with Crippen LogP contribution in [0, 0.1) is 5.92 Å². The van der Waals surface area contributed by atoms with Crippen molar-refractivity contribution in [3.05, 3.63) is 23.9 Å². The normalized spacial score (nSPS) is 23.8. The van der Waals surface area contributed by atoms with E-state index in [4.69, 9.17) is 0 Å². The van der Waals surface area contributed by atoms with Crippen LogP contribution in [0.25, 0.3) is 0 Å². The molecular formula is C13H19N3O2. The highest BCUT2D eigenvalue weighted by Crippen LogP contribution is 2.20. The number of aliphatic hydroxyl groups excluding tert-OH is 1. The van der Waals surface area contributed by atoms with E-state index in [9.17, 15) is 9.90 Å². The van der Waals surface area contributed by atoms with Crippen LogP contribution in [0.5, 0.6) is 0 Å². The van der Waals surface area contributed by atoms with Gasteiger partial charge in [0.15, 0.2) is 0 Å². The summed E-state index contributed by atoms with van der Waals surface area (Å²) in [4.78, 5) is 18.3. The monoisotopic (exact) mass is 249 g/mol. The van der Waals surface area contributed by atoms with Crippen LogP contribution < -0.4 is 5.32 Å². The van der Waals surface area contributed by atoms with Crippen LogP contribution in [0.2, 0.25) is 0 Å². The van der Waals surface area contributed by atoms with E-state index in [0.717, 1.165) is 0 Å². The van der Waals surface area contributed by atoms with E-state index in [1.807, 2.05) is 6.92 Å². The molecular weight excluding hydrogens is 230 g/mol. The molecule has 0 spiro atoms. The lowest BCUT2D eigenvalue weighted by atomic mass is 9.96. The van der Waals surface area contributed by atoms with Gasteiger partial charge in [-0.25, -0.2) is 4.98 Å². The van der Waals surface area contributed by atoms with Crippen molar-refractivity contribution >= 4 is 11.7 Å². The second-order valence-electron chi connectivity index (χ2n) is 4.73. The number of nitrogens with zero attached hydrogens (tertiary/aromatic N) is 2. The molecule has 0 aromatic carbocycles. The predicted octanol–water partition coefficient (Wildman–Crippen LogP) is 0.966. The lowest BCUT2D eigenvalue weighted by Crippen LogP contribution is -2.45. The Balaban J connectivity index is 2.16. The van der Waals surface area contributed by atoms with Gasteiger partial charge in [-0.3, -0.25) is 4.79 Å². The molecule has 1 aliphatic heterocycles. The molecule has 1 fully saturated rings. The molecule has 0 bridgehead atoms. The first-order valence-electron chi connectivity index (χ1n) is 6.23. The van der Waals surface area contributed by atoms with E-state index >= 15 is 0 Å². The fourth-order valence-electron chi connectivity index (χ4n) is 2.27. The summed E-state index contributed by atoms with van der Waals surface area (Å²) in [5, 5.41) is 12.6. The second kappa shape index (κ2) is 5.35. The Hall–Kier alpha value is -1.62. The first-order chi connectivity index (χ1) is 8.63. The number of aromatic nitrogens is 1. The maximum atomic E-state index is 12.4. The third kappa shape index (κ3) is 2.46. The van der Waals surface area contributed by atoms with Crippen LogP contribution in [0.15, 0.2) is 18.3 Å². The van der Waals surface area contributed by atoms with Crippen LogP contribution in [-0.2, 0) is 0 Å². The van der Waals surface area contributed by atoms with Crippen molar-refractivity contribution in [1.82, 2.24) is 9.88 Å². The van der Waals surface area contributed by atoms with Crippen LogP contribution in [0.3, 0.4) is 0 Å². The summed E-state index contributed by atoms with van der Waals surface area (Å²) in [6, 6.07) is 3.53. The van der Waals surface area contributed by atoms with Gasteiger partial charge in [0, 0.05) is 26.3 Å². The summed E-state index contributed by atoms with van der Waals surface area (Å²) < 4.78 is 0. The van der Waals surface area contributed by atoms with Crippen molar-refractivity contribution in [2.24, 2.45) is 5.92 Å². The molecule has 2 atom stereocenters. The van der Waals surface area contributed by atoms with Gasteiger partial charge in [0.2, 0.25) is 0 Å². The molecule has 2 N–H and O–H groups in total. The number of hydrogen-bond acceptors (Lipinski definition) is 4. The van der Waals surface area contributed by atoms with Crippen LogP contribution in [0.1, 0.15) is 23.7 Å². The van der Waals surface area contributed by atoms with Gasteiger partial charge in [0.1, 0.15) is 5.82 Å². The van der Waals surface area contributed by atoms with Crippen LogP contribution >= 0.6 is 0 Å². The third-order valence-corrected chi connectivity index (χ3v) is 3.42. The van der Waals surface area contributed by atoms with Gasteiger partial charge in [-0.15, -0.1) is 0 Å². The SMILES string of the molecule is CNc1ncccc1C(=O)N1CCC(O)C(C)C1. The summed E-state index contributed by atoms with van der Waals surface area (Å²) in [7, 11) is 1.75. The quantitative estimate of drug-likeness (QED) is 0.819. The molecule has 2 rings (SSSR count). The van der Waals surface area contributed by atoms with E-state index in [2.05, 4.69) is 10.3 Å². The minimum Gasteiger partial charge on any atom is -0.393 e. The molecule has 1 aromatic heterocycles. The second-order valence-corrected chi connectivity index (χ2v) is 4.73. The average Bonchev–Trinajstić information content (AvgIpc) is 2.41. The van der Waals surface area contributed by atoms with Crippen molar-refractivity contribution < 1.29 is 9.90 Å². The molecule has 5 nitrogen and oxygen atoms in total. The molecule has 1 aliphatic rings. The molecule has 2 heterocycles. The van der Waals surface area contributed by atoms with Gasteiger partial charge in [0.25, 0.3) is 5.91 Å². The molecule has 1 amide bonds. The lowest BCUT2D eigenvalue weighted by molar-refractivity contribution is 0.0298. The smallest absolute Gasteiger partial charge is 0.257 e. The van der Waals surface area contributed by atoms with Crippen LogP contribution in [-0.4, -0.2) is 47.1 Å². The molecule has 0 radical (unpaired) electrons. The van der Waals surface area contributed by atoms with Gasteiger partial charge in [-0.1, -0.05) is 6.92 Å². The summed E-state index contributed by atoms with van der Waals surface area (Å²) in [6.07, 6.45) is 2.00. The number of piperidine rings is 1. The van der Waals surface area contributed by atoms with E-state index in [1.54, 1.807) is 30.3 Å². The lowest BCUT2D eigenvalue weighted by Gasteiger charge is -2.34. The number of pyridine rings is 1. The van der Waals surface area contributed by atoms with Crippen molar-refractivity contribution in [2.75, 3.05) is 25.5 Å². The first-order valence-corrected chi connectivity index (χ1v) is 6.23. The molecule has 1 aromatic rings. The molecule has 0 aliphatic carbocycles. The molecule has 18 heavy (non-hydrogen) atoms. The van der Waals surface area contributed by atoms with Crippen molar-refractivity contribution in [3.63, 3.8) is 0 Å². The number of aliphatic hydroxyl groups is 1. The minimum atomic E-state index is -0.299. The fourth-order valence-corrected chi connectivity index (χ4v) is 2.27. The highest BCUT2D eigenvalue weighted by Gasteiger charge is 2.28. The Morgan fingerprint density at radius 1 is 1.61 bits per heavy atom. The first kappa shape index (κ1) is 12.8. The van der Waals surface area contributed by atoms with Gasteiger partial charge in [-0.2, -0.15) is 0 Å². The third-order valence-electron chi connectivity index (χ3n) is 3.42. The highest BCUT2D eigenvalue weighted by molar-refractivity contribution is 5.98. The highest BCUT2D eigenvalue weighted by atomic mass is 16.3. The maximum Gasteiger partial charge on any atom is 0.257 e. The van der Waals surface area contributed by atoms with E-state index < -0.39 is 0 Å². The Bertz CT molecular complexity index is 436. The summed E-state index contributed by atoms with van der Waals surface area (Å²) in [6.45, 7) is 3.16. The Morgan fingerprint density at radius 2 is 2.39 bits per heavy atom. The molecule has 1 saturated heterocycles. The van der Waals surface area contributed by atoms with E-state index in [1.165, 1.54) is 0 Å². The molecule has 0 saturated carbocycles. The van der Waals surface area contributed by atoms with Gasteiger partial charge < -0.3 is 15.3 Å². The van der Waals surface area contributed by atoms with Crippen molar-refractivity contribution in [1.29, 1.82) is 0 Å². The van der Waals surface area contributed by atoms with Crippen molar-refractivity contribution in [2.45, 2.75) is 19.4 Å². The summed E-state index contributed by atoms with van der Waals surface area (Å²) >= 11 is 0.